The van der Waals surface area contributed by atoms with E-state index < -0.39 is 10.0 Å². The highest BCUT2D eigenvalue weighted by Crippen LogP contribution is 2.36. The quantitative estimate of drug-likeness (QED) is 0.704. The van der Waals surface area contributed by atoms with Crippen molar-refractivity contribution in [3.8, 4) is 6.07 Å². The van der Waals surface area contributed by atoms with E-state index in [-0.39, 0.29) is 10.8 Å². The van der Waals surface area contributed by atoms with Gasteiger partial charge in [-0.2, -0.15) is 9.57 Å². The van der Waals surface area contributed by atoms with Gasteiger partial charge in [-0.25, -0.2) is 8.42 Å². The summed E-state index contributed by atoms with van der Waals surface area (Å²) in [6.07, 6.45) is 0.802. The molecule has 1 aliphatic heterocycles. The monoisotopic (exact) mass is 446 g/mol. The number of hydrogen-bond donors (Lipinski definition) is 1. The SMILES string of the molecule is CCN1CCc2c(sc(NC(=O)c3ccc(S(=O)(=O)N(CC)CC)cc3)c2C#N)C1. The Kier molecular flexibility index (Phi) is 6.93. The molecule has 1 aromatic carbocycles. The summed E-state index contributed by atoms with van der Waals surface area (Å²) in [7, 11) is -3.57. The number of benzene rings is 1. The molecule has 0 unspecified atom stereocenters. The molecule has 1 aliphatic rings. The van der Waals surface area contributed by atoms with Crippen LogP contribution in [0.1, 0.15) is 47.1 Å². The van der Waals surface area contributed by atoms with Crippen molar-refractivity contribution in [2.45, 2.75) is 38.6 Å². The van der Waals surface area contributed by atoms with Gasteiger partial charge in [-0.3, -0.25) is 9.69 Å². The maximum Gasteiger partial charge on any atom is 0.256 e. The van der Waals surface area contributed by atoms with E-state index in [1.165, 1.54) is 39.9 Å². The van der Waals surface area contributed by atoms with E-state index in [0.717, 1.165) is 36.5 Å². The molecule has 0 saturated heterocycles. The largest absolute Gasteiger partial charge is 0.312 e. The molecule has 160 valence electrons. The van der Waals surface area contributed by atoms with Crippen LogP contribution in [0.5, 0.6) is 0 Å². The van der Waals surface area contributed by atoms with E-state index in [1.54, 1.807) is 13.8 Å². The molecule has 1 aromatic heterocycles. The number of rotatable bonds is 7. The van der Waals surface area contributed by atoms with Crippen molar-refractivity contribution in [1.29, 1.82) is 5.26 Å². The second-order valence-corrected chi connectivity index (χ2v) is 10.0. The first-order chi connectivity index (χ1) is 14.3. The van der Waals surface area contributed by atoms with Gasteiger partial charge < -0.3 is 5.32 Å². The normalized spacial score (nSPS) is 14.4. The van der Waals surface area contributed by atoms with E-state index in [0.29, 0.717) is 29.2 Å². The maximum atomic E-state index is 12.7. The standard InChI is InChI=1S/C21H26N4O3S2/c1-4-24-12-11-17-18(13-22)21(29-19(17)14-24)23-20(26)15-7-9-16(10-8-15)30(27,28)25(5-2)6-3/h7-10H,4-6,11-12,14H2,1-3H3,(H,23,26). The van der Waals surface area contributed by atoms with Crippen LogP contribution in [0.3, 0.4) is 0 Å². The number of fused-ring (bicyclic) bond motifs is 1. The zero-order valence-corrected chi connectivity index (χ0v) is 19.1. The lowest BCUT2D eigenvalue weighted by Crippen LogP contribution is -2.30. The van der Waals surface area contributed by atoms with Gasteiger partial charge in [-0.05, 0) is 42.8 Å². The molecule has 2 aromatic rings. The lowest BCUT2D eigenvalue weighted by atomic mass is 10.0. The number of nitrogens with zero attached hydrogens (tertiary/aromatic N) is 3. The lowest BCUT2D eigenvalue weighted by Gasteiger charge is -2.24. The minimum Gasteiger partial charge on any atom is -0.312 e. The summed E-state index contributed by atoms with van der Waals surface area (Å²) >= 11 is 1.45. The molecule has 0 fully saturated rings. The zero-order chi connectivity index (χ0) is 21.9. The number of amides is 1. The van der Waals surface area contributed by atoms with Crippen LogP contribution in [0, 0.1) is 11.3 Å². The van der Waals surface area contributed by atoms with E-state index in [4.69, 9.17) is 0 Å². The highest BCUT2D eigenvalue weighted by molar-refractivity contribution is 7.89. The highest BCUT2D eigenvalue weighted by Gasteiger charge is 2.25. The van der Waals surface area contributed by atoms with Crippen LogP contribution >= 0.6 is 11.3 Å². The molecule has 1 amide bonds. The number of nitriles is 1. The van der Waals surface area contributed by atoms with E-state index in [9.17, 15) is 18.5 Å². The minimum absolute atomic E-state index is 0.159. The van der Waals surface area contributed by atoms with Crippen molar-refractivity contribution in [2.75, 3.05) is 31.5 Å². The summed E-state index contributed by atoms with van der Waals surface area (Å²) in [5.74, 6) is -0.357. The average Bonchev–Trinajstić information content (AvgIpc) is 3.10. The van der Waals surface area contributed by atoms with Gasteiger partial charge in [0.05, 0.1) is 10.5 Å². The first kappa shape index (κ1) is 22.4. The molecule has 0 spiro atoms. The van der Waals surface area contributed by atoms with Gasteiger partial charge >= 0.3 is 0 Å². The lowest BCUT2D eigenvalue weighted by molar-refractivity contribution is 0.102. The number of carbonyl (C=O) groups excluding carboxylic acids is 1. The Bertz CT molecular complexity index is 1060. The molecular weight excluding hydrogens is 420 g/mol. The van der Waals surface area contributed by atoms with E-state index in [1.807, 2.05) is 0 Å². The number of thiophene rings is 1. The number of carbonyl (C=O) groups is 1. The Labute approximate surface area is 182 Å². The minimum atomic E-state index is -3.57. The average molecular weight is 447 g/mol. The number of hydrogen-bond acceptors (Lipinski definition) is 6. The van der Waals surface area contributed by atoms with Gasteiger partial charge in [0.2, 0.25) is 10.0 Å². The van der Waals surface area contributed by atoms with E-state index >= 15 is 0 Å². The van der Waals surface area contributed by atoms with Crippen LogP contribution in [0.25, 0.3) is 0 Å². The molecule has 0 radical (unpaired) electrons. The second-order valence-electron chi connectivity index (χ2n) is 7.01. The summed E-state index contributed by atoms with van der Waals surface area (Å²) in [6, 6.07) is 8.15. The number of anilines is 1. The first-order valence-corrected chi connectivity index (χ1v) is 12.3. The Morgan fingerprint density at radius 1 is 1.23 bits per heavy atom. The molecule has 7 nitrogen and oxygen atoms in total. The van der Waals surface area contributed by atoms with Gasteiger partial charge in [0.15, 0.2) is 0 Å². The van der Waals surface area contributed by atoms with Gasteiger partial charge in [0.1, 0.15) is 11.1 Å². The molecule has 0 saturated carbocycles. The van der Waals surface area contributed by atoms with Crippen molar-refractivity contribution in [1.82, 2.24) is 9.21 Å². The van der Waals surface area contributed by atoms with E-state index in [2.05, 4.69) is 23.2 Å². The van der Waals surface area contributed by atoms with Crippen LogP contribution in [-0.4, -0.2) is 49.7 Å². The molecule has 0 aliphatic carbocycles. The van der Waals surface area contributed by atoms with Crippen molar-refractivity contribution >= 4 is 32.3 Å². The molecular formula is C21H26N4O3S2. The smallest absolute Gasteiger partial charge is 0.256 e. The third-order valence-corrected chi connectivity index (χ3v) is 8.58. The van der Waals surface area contributed by atoms with Crippen molar-refractivity contribution < 1.29 is 13.2 Å². The molecule has 3 rings (SSSR count). The Morgan fingerprint density at radius 2 is 1.90 bits per heavy atom. The summed E-state index contributed by atoms with van der Waals surface area (Å²) in [4.78, 5) is 16.3. The molecule has 0 bridgehead atoms. The molecule has 9 heteroatoms. The third kappa shape index (κ3) is 4.27. The highest BCUT2D eigenvalue weighted by atomic mass is 32.2. The summed E-state index contributed by atoms with van der Waals surface area (Å²) in [6.45, 7) is 9.10. The fourth-order valence-corrected chi connectivity index (χ4v) is 6.29. The molecule has 2 heterocycles. The van der Waals surface area contributed by atoms with Crippen LogP contribution in [0.2, 0.25) is 0 Å². The van der Waals surface area contributed by atoms with Crippen LogP contribution in [0.15, 0.2) is 29.2 Å². The summed E-state index contributed by atoms with van der Waals surface area (Å²) in [5, 5.41) is 13.0. The second kappa shape index (κ2) is 9.27. The topological polar surface area (TPSA) is 93.5 Å². The fourth-order valence-electron chi connectivity index (χ4n) is 3.60. The number of nitrogens with one attached hydrogen (secondary N) is 1. The maximum absolute atomic E-state index is 12.7. The predicted molar refractivity (Wildman–Crippen MR) is 118 cm³/mol. The Balaban J connectivity index is 1.81. The van der Waals surface area contributed by atoms with Crippen molar-refractivity contribution in [3.05, 3.63) is 45.8 Å². The van der Waals surface area contributed by atoms with Crippen molar-refractivity contribution in [3.63, 3.8) is 0 Å². The van der Waals surface area contributed by atoms with Crippen LogP contribution in [0.4, 0.5) is 5.00 Å². The van der Waals surface area contributed by atoms with Gasteiger partial charge in [0, 0.05) is 36.6 Å². The summed E-state index contributed by atoms with van der Waals surface area (Å²) in [5.41, 5.74) is 1.92. The van der Waals surface area contributed by atoms with Crippen LogP contribution in [-0.2, 0) is 23.0 Å². The Hall–Kier alpha value is -2.25. The predicted octanol–water partition coefficient (Wildman–Crippen LogP) is 3.28. The summed E-state index contributed by atoms with van der Waals surface area (Å²) < 4.78 is 26.6. The fraction of sp³-hybridized carbons (Fsp3) is 0.429. The molecule has 30 heavy (non-hydrogen) atoms. The molecule has 0 atom stereocenters. The van der Waals surface area contributed by atoms with Gasteiger partial charge in [-0.1, -0.05) is 20.8 Å². The third-order valence-electron chi connectivity index (χ3n) is 5.38. The Morgan fingerprint density at radius 3 is 2.47 bits per heavy atom. The van der Waals surface area contributed by atoms with Gasteiger partial charge in [0.25, 0.3) is 5.91 Å². The van der Waals surface area contributed by atoms with Gasteiger partial charge in [-0.15, -0.1) is 11.3 Å². The van der Waals surface area contributed by atoms with Crippen LogP contribution < -0.4 is 5.32 Å². The number of sulfonamides is 1. The van der Waals surface area contributed by atoms with Crippen molar-refractivity contribution in [2.24, 2.45) is 0 Å². The number of likely N-dealkylation sites (N-methyl/N-ethyl adjacent to an activating group) is 1. The molecule has 1 N–H and O–H groups in total. The first-order valence-electron chi connectivity index (χ1n) is 10.0. The zero-order valence-electron chi connectivity index (χ0n) is 17.4.